The van der Waals surface area contributed by atoms with Crippen LogP contribution in [0.5, 0.6) is 0 Å². The second-order valence-corrected chi connectivity index (χ2v) is 3.77. The highest BCUT2D eigenvalue weighted by Crippen LogP contribution is 2.21. The molecule has 2 rings (SSSR count). The molecule has 0 radical (unpaired) electrons. The third-order valence-electron chi connectivity index (χ3n) is 2.47. The standard InChI is InChI=1S/C10H14N2O2/c1-7(2)12-10(5-13)8-3-4-14-6-9(8)11-12/h5,7H,3-4,6H2,1-2H3. The minimum Gasteiger partial charge on any atom is -0.375 e. The molecule has 0 atom stereocenters. The van der Waals surface area contributed by atoms with E-state index in [4.69, 9.17) is 4.74 Å². The molecule has 0 aliphatic carbocycles. The van der Waals surface area contributed by atoms with Gasteiger partial charge in [0.2, 0.25) is 0 Å². The number of fused-ring (bicyclic) bond motifs is 1. The maximum Gasteiger partial charge on any atom is 0.168 e. The van der Waals surface area contributed by atoms with Crippen LogP contribution in [0.15, 0.2) is 0 Å². The number of rotatable bonds is 2. The van der Waals surface area contributed by atoms with Crippen LogP contribution in [-0.2, 0) is 17.8 Å². The summed E-state index contributed by atoms with van der Waals surface area (Å²) < 4.78 is 7.08. The summed E-state index contributed by atoms with van der Waals surface area (Å²) in [4.78, 5) is 11.0. The summed E-state index contributed by atoms with van der Waals surface area (Å²) in [5, 5.41) is 4.38. The molecule has 4 nitrogen and oxygen atoms in total. The van der Waals surface area contributed by atoms with Gasteiger partial charge in [0.05, 0.1) is 18.9 Å². The smallest absolute Gasteiger partial charge is 0.168 e. The van der Waals surface area contributed by atoms with E-state index in [1.165, 1.54) is 0 Å². The summed E-state index contributed by atoms with van der Waals surface area (Å²) in [6, 6.07) is 0.223. The Hall–Kier alpha value is -1.16. The van der Waals surface area contributed by atoms with Crippen molar-refractivity contribution in [3.8, 4) is 0 Å². The number of hydrogen-bond donors (Lipinski definition) is 0. The first-order valence-corrected chi connectivity index (χ1v) is 4.87. The van der Waals surface area contributed by atoms with Crippen molar-refractivity contribution >= 4 is 6.29 Å². The van der Waals surface area contributed by atoms with Gasteiger partial charge in [-0.05, 0) is 20.3 Å². The highest BCUT2D eigenvalue weighted by molar-refractivity contribution is 5.75. The molecule has 0 bridgehead atoms. The first-order valence-electron chi connectivity index (χ1n) is 4.87. The number of aldehydes is 1. The number of ether oxygens (including phenoxy) is 1. The minimum absolute atomic E-state index is 0.223. The SMILES string of the molecule is CC(C)n1nc2c(c1C=O)CCOC2. The predicted octanol–water partition coefficient (Wildman–Crippen LogP) is 1.35. The minimum atomic E-state index is 0.223. The Labute approximate surface area is 82.9 Å². The van der Waals surface area contributed by atoms with Gasteiger partial charge in [-0.25, -0.2) is 0 Å². The number of aromatic nitrogens is 2. The van der Waals surface area contributed by atoms with E-state index in [0.29, 0.717) is 13.2 Å². The van der Waals surface area contributed by atoms with E-state index < -0.39 is 0 Å². The third kappa shape index (κ3) is 1.35. The van der Waals surface area contributed by atoms with E-state index in [1.54, 1.807) is 4.68 Å². The fourth-order valence-electron chi connectivity index (χ4n) is 1.78. The molecule has 2 heterocycles. The van der Waals surface area contributed by atoms with Crippen molar-refractivity contribution in [1.29, 1.82) is 0 Å². The van der Waals surface area contributed by atoms with Gasteiger partial charge in [0, 0.05) is 11.6 Å². The molecule has 1 aromatic rings. The molecule has 0 fully saturated rings. The Balaban J connectivity index is 2.51. The van der Waals surface area contributed by atoms with E-state index >= 15 is 0 Å². The number of carbonyl (C=O) groups excluding carboxylic acids is 1. The monoisotopic (exact) mass is 194 g/mol. The van der Waals surface area contributed by atoms with Crippen molar-refractivity contribution in [3.63, 3.8) is 0 Å². The molecule has 0 amide bonds. The van der Waals surface area contributed by atoms with Crippen molar-refractivity contribution in [1.82, 2.24) is 9.78 Å². The summed E-state index contributed by atoms with van der Waals surface area (Å²) in [6.07, 6.45) is 1.70. The maximum absolute atomic E-state index is 11.0. The van der Waals surface area contributed by atoms with Crippen LogP contribution < -0.4 is 0 Å². The molecule has 0 saturated heterocycles. The molecule has 14 heavy (non-hydrogen) atoms. The van der Waals surface area contributed by atoms with E-state index in [-0.39, 0.29) is 6.04 Å². The van der Waals surface area contributed by atoms with Crippen molar-refractivity contribution in [2.45, 2.75) is 32.9 Å². The van der Waals surface area contributed by atoms with Gasteiger partial charge >= 0.3 is 0 Å². The van der Waals surface area contributed by atoms with E-state index in [9.17, 15) is 4.79 Å². The van der Waals surface area contributed by atoms with Gasteiger partial charge in [-0.1, -0.05) is 0 Å². The lowest BCUT2D eigenvalue weighted by Gasteiger charge is -2.10. The molecule has 1 aliphatic heterocycles. The average molecular weight is 194 g/mol. The lowest BCUT2D eigenvalue weighted by molar-refractivity contribution is 0.106. The second kappa shape index (κ2) is 3.53. The Kier molecular flexibility index (Phi) is 2.37. The highest BCUT2D eigenvalue weighted by atomic mass is 16.5. The zero-order valence-corrected chi connectivity index (χ0v) is 8.49. The summed E-state index contributed by atoms with van der Waals surface area (Å²) in [5.74, 6) is 0. The van der Waals surface area contributed by atoms with Gasteiger partial charge < -0.3 is 4.74 Å². The predicted molar refractivity (Wildman–Crippen MR) is 51.4 cm³/mol. The fourth-order valence-corrected chi connectivity index (χ4v) is 1.78. The number of nitrogens with zero attached hydrogens (tertiary/aromatic N) is 2. The Morgan fingerprint density at radius 3 is 3.00 bits per heavy atom. The molecule has 1 aliphatic rings. The van der Waals surface area contributed by atoms with Crippen molar-refractivity contribution in [2.75, 3.05) is 6.61 Å². The van der Waals surface area contributed by atoms with Crippen LogP contribution in [0.4, 0.5) is 0 Å². The van der Waals surface area contributed by atoms with Crippen molar-refractivity contribution in [3.05, 3.63) is 17.0 Å². The lowest BCUT2D eigenvalue weighted by Crippen LogP contribution is -2.09. The van der Waals surface area contributed by atoms with Gasteiger partial charge in [0.1, 0.15) is 5.69 Å². The molecular formula is C10H14N2O2. The van der Waals surface area contributed by atoms with Crippen molar-refractivity contribution < 1.29 is 9.53 Å². The van der Waals surface area contributed by atoms with Gasteiger partial charge in [-0.2, -0.15) is 5.10 Å². The van der Waals surface area contributed by atoms with Crippen LogP contribution in [-0.4, -0.2) is 22.7 Å². The highest BCUT2D eigenvalue weighted by Gasteiger charge is 2.21. The number of hydrogen-bond acceptors (Lipinski definition) is 3. The quantitative estimate of drug-likeness (QED) is 0.667. The van der Waals surface area contributed by atoms with Crippen molar-refractivity contribution in [2.24, 2.45) is 0 Å². The zero-order valence-electron chi connectivity index (χ0n) is 8.49. The van der Waals surface area contributed by atoms with E-state index in [1.807, 2.05) is 13.8 Å². The molecule has 0 saturated carbocycles. The summed E-state index contributed by atoms with van der Waals surface area (Å²) >= 11 is 0. The molecule has 0 spiro atoms. The Bertz CT molecular complexity index is 355. The molecule has 4 heteroatoms. The average Bonchev–Trinajstić information content (AvgIpc) is 2.56. The van der Waals surface area contributed by atoms with Crippen LogP contribution in [0, 0.1) is 0 Å². The Morgan fingerprint density at radius 1 is 1.57 bits per heavy atom. The lowest BCUT2D eigenvalue weighted by atomic mass is 10.1. The summed E-state index contributed by atoms with van der Waals surface area (Å²) in [5.41, 5.74) is 2.71. The van der Waals surface area contributed by atoms with Crippen LogP contribution in [0.1, 0.15) is 41.6 Å². The van der Waals surface area contributed by atoms with Gasteiger partial charge in [0.15, 0.2) is 6.29 Å². The Morgan fingerprint density at radius 2 is 2.36 bits per heavy atom. The second-order valence-electron chi connectivity index (χ2n) is 3.77. The van der Waals surface area contributed by atoms with Crippen LogP contribution >= 0.6 is 0 Å². The van der Waals surface area contributed by atoms with Crippen LogP contribution in [0.2, 0.25) is 0 Å². The number of carbonyl (C=O) groups is 1. The van der Waals surface area contributed by atoms with Gasteiger partial charge in [-0.15, -0.1) is 0 Å². The van der Waals surface area contributed by atoms with Gasteiger partial charge in [-0.3, -0.25) is 9.48 Å². The van der Waals surface area contributed by atoms with E-state index in [0.717, 1.165) is 29.7 Å². The third-order valence-corrected chi connectivity index (χ3v) is 2.47. The first-order chi connectivity index (χ1) is 6.74. The van der Waals surface area contributed by atoms with Crippen LogP contribution in [0.3, 0.4) is 0 Å². The molecule has 0 N–H and O–H groups in total. The molecule has 0 aromatic carbocycles. The van der Waals surface area contributed by atoms with E-state index in [2.05, 4.69) is 5.10 Å². The molecule has 76 valence electrons. The largest absolute Gasteiger partial charge is 0.375 e. The van der Waals surface area contributed by atoms with Crippen LogP contribution in [0.25, 0.3) is 0 Å². The zero-order chi connectivity index (χ0) is 10.1. The normalized spacial score (nSPS) is 15.6. The van der Waals surface area contributed by atoms with Gasteiger partial charge in [0.25, 0.3) is 0 Å². The first kappa shape index (κ1) is 9.40. The summed E-state index contributed by atoms with van der Waals surface area (Å²) in [6.45, 7) is 5.27. The fraction of sp³-hybridized carbons (Fsp3) is 0.600. The molecule has 1 aromatic heterocycles. The maximum atomic E-state index is 11.0. The molecular weight excluding hydrogens is 180 g/mol. The summed E-state index contributed by atoms with van der Waals surface area (Å²) in [7, 11) is 0. The topological polar surface area (TPSA) is 44.1 Å². The molecule has 0 unspecified atom stereocenters.